The smallest absolute Gasteiger partial charge is 0.249 e. The lowest BCUT2D eigenvalue weighted by Gasteiger charge is -2.22. The van der Waals surface area contributed by atoms with Crippen LogP contribution in [0, 0.1) is 5.92 Å². The number of nitrogens with zero attached hydrogens (tertiary/aromatic N) is 1. The SMILES string of the molecule is CCC(C)C(O)C(=O)NC1CCN(c2ccccc2OC)C1. The van der Waals surface area contributed by atoms with Crippen LogP contribution in [-0.4, -0.2) is 43.4 Å². The number of aliphatic hydroxyl groups excluding tert-OH is 1. The molecule has 2 N–H and O–H groups in total. The second-order valence-electron chi connectivity index (χ2n) is 5.94. The molecule has 0 aromatic heterocycles. The van der Waals surface area contributed by atoms with E-state index in [2.05, 4.69) is 10.2 Å². The van der Waals surface area contributed by atoms with E-state index in [-0.39, 0.29) is 17.9 Å². The first-order valence-electron chi connectivity index (χ1n) is 7.93. The van der Waals surface area contributed by atoms with E-state index in [1.807, 2.05) is 38.1 Å². The number of methoxy groups -OCH3 is 1. The normalized spacial score (nSPS) is 20.5. The van der Waals surface area contributed by atoms with Crippen molar-refractivity contribution in [3.63, 3.8) is 0 Å². The number of rotatable bonds is 6. The Morgan fingerprint density at radius 1 is 1.50 bits per heavy atom. The van der Waals surface area contributed by atoms with Gasteiger partial charge in [-0.1, -0.05) is 32.4 Å². The molecule has 1 aromatic carbocycles. The van der Waals surface area contributed by atoms with Crippen LogP contribution >= 0.6 is 0 Å². The Balaban J connectivity index is 1.94. The summed E-state index contributed by atoms with van der Waals surface area (Å²) in [4.78, 5) is 14.3. The van der Waals surface area contributed by atoms with Crippen molar-refractivity contribution in [3.8, 4) is 5.75 Å². The summed E-state index contributed by atoms with van der Waals surface area (Å²) in [6.07, 6.45) is 0.731. The van der Waals surface area contributed by atoms with Gasteiger partial charge in [-0.2, -0.15) is 0 Å². The Morgan fingerprint density at radius 3 is 2.91 bits per heavy atom. The number of amides is 1. The Kier molecular flexibility index (Phi) is 5.66. The van der Waals surface area contributed by atoms with Crippen LogP contribution < -0.4 is 15.0 Å². The van der Waals surface area contributed by atoms with Gasteiger partial charge in [0.1, 0.15) is 11.9 Å². The van der Waals surface area contributed by atoms with Crippen molar-refractivity contribution >= 4 is 11.6 Å². The van der Waals surface area contributed by atoms with E-state index in [9.17, 15) is 9.90 Å². The summed E-state index contributed by atoms with van der Waals surface area (Å²) < 4.78 is 5.39. The maximum atomic E-state index is 12.1. The molecule has 5 heteroatoms. The molecule has 1 aromatic rings. The molecule has 0 saturated carbocycles. The van der Waals surface area contributed by atoms with Crippen LogP contribution in [0.1, 0.15) is 26.7 Å². The number of hydrogen-bond acceptors (Lipinski definition) is 4. The molecule has 122 valence electrons. The van der Waals surface area contributed by atoms with E-state index in [1.54, 1.807) is 7.11 Å². The summed E-state index contributed by atoms with van der Waals surface area (Å²) in [6, 6.07) is 7.96. The Hall–Kier alpha value is -1.75. The average molecular weight is 306 g/mol. The molecular formula is C17H26N2O3. The number of ether oxygens (including phenoxy) is 1. The number of benzene rings is 1. The van der Waals surface area contributed by atoms with Crippen LogP contribution in [0.25, 0.3) is 0 Å². The van der Waals surface area contributed by atoms with Crippen LogP contribution in [0.2, 0.25) is 0 Å². The molecule has 1 aliphatic rings. The number of para-hydroxylation sites is 2. The predicted octanol–water partition coefficient (Wildman–Crippen LogP) is 1.80. The highest BCUT2D eigenvalue weighted by Crippen LogP contribution is 2.30. The van der Waals surface area contributed by atoms with E-state index in [1.165, 1.54) is 0 Å². The third kappa shape index (κ3) is 3.71. The lowest BCUT2D eigenvalue weighted by Crippen LogP contribution is -2.44. The summed E-state index contributed by atoms with van der Waals surface area (Å²) in [7, 11) is 1.66. The van der Waals surface area contributed by atoms with E-state index in [0.29, 0.717) is 0 Å². The average Bonchev–Trinajstić information content (AvgIpc) is 3.01. The summed E-state index contributed by atoms with van der Waals surface area (Å²) in [5.74, 6) is 0.557. The van der Waals surface area contributed by atoms with Gasteiger partial charge in [-0.25, -0.2) is 0 Å². The van der Waals surface area contributed by atoms with Crippen molar-refractivity contribution in [2.75, 3.05) is 25.1 Å². The molecule has 1 heterocycles. The highest BCUT2D eigenvalue weighted by atomic mass is 16.5. The first-order chi connectivity index (χ1) is 10.6. The largest absolute Gasteiger partial charge is 0.495 e. The Bertz CT molecular complexity index is 506. The molecule has 3 unspecified atom stereocenters. The third-order valence-electron chi connectivity index (χ3n) is 4.41. The summed E-state index contributed by atoms with van der Waals surface area (Å²) in [6.45, 7) is 5.46. The number of anilines is 1. The molecule has 0 spiro atoms. The van der Waals surface area contributed by atoms with Crippen molar-refractivity contribution in [2.24, 2.45) is 5.92 Å². The fourth-order valence-electron chi connectivity index (χ4n) is 2.76. The summed E-state index contributed by atoms with van der Waals surface area (Å²) in [5, 5.41) is 12.9. The molecule has 1 fully saturated rings. The molecule has 0 bridgehead atoms. The molecule has 0 radical (unpaired) electrons. The van der Waals surface area contributed by atoms with Gasteiger partial charge < -0.3 is 20.1 Å². The van der Waals surface area contributed by atoms with Crippen molar-refractivity contribution in [1.29, 1.82) is 0 Å². The zero-order valence-corrected chi connectivity index (χ0v) is 13.6. The van der Waals surface area contributed by atoms with Gasteiger partial charge in [0.05, 0.1) is 12.8 Å². The van der Waals surface area contributed by atoms with Crippen LogP contribution in [0.3, 0.4) is 0 Å². The number of nitrogens with one attached hydrogen (secondary N) is 1. The van der Waals surface area contributed by atoms with Crippen LogP contribution in [0.4, 0.5) is 5.69 Å². The van der Waals surface area contributed by atoms with Gasteiger partial charge in [-0.05, 0) is 24.5 Å². The van der Waals surface area contributed by atoms with Crippen LogP contribution in [-0.2, 0) is 4.79 Å². The Morgan fingerprint density at radius 2 is 2.23 bits per heavy atom. The summed E-state index contributed by atoms with van der Waals surface area (Å²) >= 11 is 0. The fourth-order valence-corrected chi connectivity index (χ4v) is 2.76. The number of carbonyl (C=O) groups is 1. The first kappa shape index (κ1) is 16.6. The Labute approximate surface area is 132 Å². The van der Waals surface area contributed by atoms with E-state index in [0.717, 1.165) is 37.4 Å². The van der Waals surface area contributed by atoms with E-state index >= 15 is 0 Å². The summed E-state index contributed by atoms with van der Waals surface area (Å²) in [5.41, 5.74) is 1.05. The molecule has 5 nitrogen and oxygen atoms in total. The van der Waals surface area contributed by atoms with E-state index in [4.69, 9.17) is 4.74 Å². The second-order valence-corrected chi connectivity index (χ2v) is 5.94. The highest BCUT2D eigenvalue weighted by molar-refractivity contribution is 5.81. The number of aliphatic hydroxyl groups is 1. The van der Waals surface area contributed by atoms with Crippen LogP contribution in [0.15, 0.2) is 24.3 Å². The maximum absolute atomic E-state index is 12.1. The predicted molar refractivity (Wildman–Crippen MR) is 87.2 cm³/mol. The monoisotopic (exact) mass is 306 g/mol. The minimum Gasteiger partial charge on any atom is -0.495 e. The van der Waals surface area contributed by atoms with Gasteiger partial charge >= 0.3 is 0 Å². The molecule has 0 aliphatic carbocycles. The van der Waals surface area contributed by atoms with Gasteiger partial charge in [0.2, 0.25) is 5.91 Å². The first-order valence-corrected chi connectivity index (χ1v) is 7.93. The highest BCUT2D eigenvalue weighted by Gasteiger charge is 2.28. The quantitative estimate of drug-likeness (QED) is 0.841. The molecule has 2 rings (SSSR count). The lowest BCUT2D eigenvalue weighted by atomic mass is 10.0. The second kappa shape index (κ2) is 7.49. The van der Waals surface area contributed by atoms with Crippen molar-refractivity contribution in [2.45, 2.75) is 38.8 Å². The lowest BCUT2D eigenvalue weighted by molar-refractivity contribution is -0.132. The zero-order chi connectivity index (χ0) is 16.1. The van der Waals surface area contributed by atoms with Gasteiger partial charge in [0, 0.05) is 19.1 Å². The van der Waals surface area contributed by atoms with Crippen molar-refractivity contribution in [1.82, 2.24) is 5.32 Å². The standard InChI is InChI=1S/C17H26N2O3/c1-4-12(2)16(20)17(21)18-13-9-10-19(11-13)14-7-5-6-8-15(14)22-3/h5-8,12-13,16,20H,4,9-11H2,1-3H3,(H,18,21). The molecule has 1 amide bonds. The molecule has 3 atom stereocenters. The van der Waals surface area contributed by atoms with Gasteiger partial charge in [0.15, 0.2) is 0 Å². The molecule has 1 aliphatic heterocycles. The minimum atomic E-state index is -0.926. The molecule has 1 saturated heterocycles. The molecule has 22 heavy (non-hydrogen) atoms. The van der Waals surface area contributed by atoms with Crippen molar-refractivity contribution < 1.29 is 14.6 Å². The maximum Gasteiger partial charge on any atom is 0.249 e. The fraction of sp³-hybridized carbons (Fsp3) is 0.588. The van der Waals surface area contributed by atoms with Gasteiger partial charge in [-0.3, -0.25) is 4.79 Å². The van der Waals surface area contributed by atoms with Crippen LogP contribution in [0.5, 0.6) is 5.75 Å². The van der Waals surface area contributed by atoms with Gasteiger partial charge in [0.25, 0.3) is 0 Å². The molecular weight excluding hydrogens is 280 g/mol. The van der Waals surface area contributed by atoms with Gasteiger partial charge in [-0.15, -0.1) is 0 Å². The topological polar surface area (TPSA) is 61.8 Å². The number of hydrogen-bond donors (Lipinski definition) is 2. The minimum absolute atomic E-state index is 0.0216. The number of carbonyl (C=O) groups excluding carboxylic acids is 1. The third-order valence-corrected chi connectivity index (χ3v) is 4.41. The van der Waals surface area contributed by atoms with Crippen molar-refractivity contribution in [3.05, 3.63) is 24.3 Å². The van der Waals surface area contributed by atoms with E-state index < -0.39 is 6.10 Å². The zero-order valence-electron chi connectivity index (χ0n) is 13.6.